The lowest BCUT2D eigenvalue weighted by atomic mass is 10.0. The van der Waals surface area contributed by atoms with E-state index in [2.05, 4.69) is 35.1 Å². The second-order valence-corrected chi connectivity index (χ2v) is 7.91. The van der Waals surface area contributed by atoms with E-state index in [0.29, 0.717) is 16.8 Å². The molecule has 112 valence electrons. The molecule has 0 spiro atoms. The maximum atomic E-state index is 12.1. The van der Waals surface area contributed by atoms with Gasteiger partial charge in [-0.1, -0.05) is 29.8 Å². The van der Waals surface area contributed by atoms with Crippen molar-refractivity contribution in [2.24, 2.45) is 5.92 Å². The number of alkyl halides is 1. The van der Waals surface area contributed by atoms with E-state index in [4.69, 9.17) is 0 Å². The van der Waals surface area contributed by atoms with Crippen molar-refractivity contribution in [2.45, 2.75) is 31.2 Å². The predicted molar refractivity (Wildman–Crippen MR) is 84.1 cm³/mol. The SMILES string of the molecule is CC(C)CC(CBr)NC(=O)c1ccc(S(C)(=O)=O)cc1. The first-order valence-corrected chi connectivity index (χ1v) is 9.42. The minimum absolute atomic E-state index is 0.0667. The predicted octanol–water partition coefficient (Wildman–Crippen LogP) is 2.63. The number of carbonyl (C=O) groups is 1. The Morgan fingerprint density at radius 3 is 2.20 bits per heavy atom. The van der Waals surface area contributed by atoms with E-state index in [-0.39, 0.29) is 16.8 Å². The summed E-state index contributed by atoms with van der Waals surface area (Å²) >= 11 is 3.39. The van der Waals surface area contributed by atoms with Crippen LogP contribution >= 0.6 is 15.9 Å². The van der Waals surface area contributed by atoms with Gasteiger partial charge >= 0.3 is 0 Å². The van der Waals surface area contributed by atoms with E-state index >= 15 is 0 Å². The lowest BCUT2D eigenvalue weighted by Crippen LogP contribution is -2.37. The first kappa shape index (κ1) is 17.2. The van der Waals surface area contributed by atoms with Gasteiger partial charge in [0.15, 0.2) is 9.84 Å². The maximum Gasteiger partial charge on any atom is 0.251 e. The summed E-state index contributed by atoms with van der Waals surface area (Å²) in [5.41, 5.74) is 0.465. The number of halogens is 1. The molecule has 1 unspecified atom stereocenters. The molecule has 4 nitrogen and oxygen atoms in total. The molecule has 0 heterocycles. The van der Waals surface area contributed by atoms with Gasteiger partial charge in [-0.2, -0.15) is 0 Å². The first-order valence-electron chi connectivity index (χ1n) is 6.41. The maximum absolute atomic E-state index is 12.1. The Balaban J connectivity index is 2.77. The second-order valence-electron chi connectivity index (χ2n) is 5.25. The number of amides is 1. The van der Waals surface area contributed by atoms with Crippen molar-refractivity contribution >= 4 is 31.7 Å². The summed E-state index contributed by atoms with van der Waals surface area (Å²) in [5.74, 6) is 0.306. The molecular weight excluding hydrogens is 342 g/mol. The van der Waals surface area contributed by atoms with Crippen LogP contribution in [0.1, 0.15) is 30.6 Å². The van der Waals surface area contributed by atoms with Crippen molar-refractivity contribution in [1.29, 1.82) is 0 Å². The number of hydrogen-bond acceptors (Lipinski definition) is 3. The van der Waals surface area contributed by atoms with Crippen molar-refractivity contribution in [3.05, 3.63) is 29.8 Å². The van der Waals surface area contributed by atoms with Crippen molar-refractivity contribution in [1.82, 2.24) is 5.32 Å². The molecule has 0 saturated carbocycles. The largest absolute Gasteiger partial charge is 0.348 e. The molecule has 1 N–H and O–H groups in total. The van der Waals surface area contributed by atoms with Gasteiger partial charge in [0.1, 0.15) is 0 Å². The molecule has 0 saturated heterocycles. The van der Waals surface area contributed by atoms with Crippen LogP contribution < -0.4 is 5.32 Å². The number of nitrogens with one attached hydrogen (secondary N) is 1. The van der Waals surface area contributed by atoms with Crippen LogP contribution in [0.15, 0.2) is 29.2 Å². The zero-order valence-corrected chi connectivity index (χ0v) is 14.3. The quantitative estimate of drug-likeness (QED) is 0.792. The highest BCUT2D eigenvalue weighted by Gasteiger charge is 2.15. The lowest BCUT2D eigenvalue weighted by molar-refractivity contribution is 0.0937. The normalized spacial score (nSPS) is 13.2. The highest BCUT2D eigenvalue weighted by atomic mass is 79.9. The summed E-state index contributed by atoms with van der Waals surface area (Å²) in [4.78, 5) is 12.3. The molecule has 1 rings (SSSR count). The van der Waals surface area contributed by atoms with Crippen LogP contribution in [0.4, 0.5) is 0 Å². The highest BCUT2D eigenvalue weighted by Crippen LogP contribution is 2.12. The smallest absolute Gasteiger partial charge is 0.251 e. The fourth-order valence-electron chi connectivity index (χ4n) is 1.85. The molecule has 1 aromatic carbocycles. The summed E-state index contributed by atoms with van der Waals surface area (Å²) in [6.07, 6.45) is 2.03. The Morgan fingerprint density at radius 1 is 1.25 bits per heavy atom. The minimum Gasteiger partial charge on any atom is -0.348 e. The molecule has 6 heteroatoms. The summed E-state index contributed by atoms with van der Waals surface area (Å²) in [7, 11) is -3.23. The van der Waals surface area contributed by atoms with Crippen LogP contribution in [-0.4, -0.2) is 32.0 Å². The topological polar surface area (TPSA) is 63.2 Å². The molecule has 0 fully saturated rings. The zero-order chi connectivity index (χ0) is 15.3. The molecule has 0 aliphatic rings. The van der Waals surface area contributed by atoms with Gasteiger partial charge in [-0.05, 0) is 36.6 Å². The molecule has 0 aliphatic carbocycles. The van der Waals surface area contributed by atoms with Gasteiger partial charge in [0, 0.05) is 23.2 Å². The standard InChI is InChI=1S/C14H20BrNO3S/c1-10(2)8-12(9-15)16-14(17)11-4-6-13(7-5-11)20(3,18)19/h4-7,10,12H,8-9H2,1-3H3,(H,16,17). The van der Waals surface area contributed by atoms with E-state index in [9.17, 15) is 13.2 Å². The van der Waals surface area contributed by atoms with Gasteiger partial charge in [0.2, 0.25) is 0 Å². The van der Waals surface area contributed by atoms with Gasteiger partial charge in [-0.15, -0.1) is 0 Å². The zero-order valence-electron chi connectivity index (χ0n) is 11.9. The van der Waals surface area contributed by atoms with Crippen LogP contribution in [0, 0.1) is 5.92 Å². The molecule has 0 bridgehead atoms. The van der Waals surface area contributed by atoms with E-state index in [0.717, 1.165) is 12.7 Å². The van der Waals surface area contributed by atoms with Crippen LogP contribution in [0.25, 0.3) is 0 Å². The van der Waals surface area contributed by atoms with Gasteiger partial charge in [-0.3, -0.25) is 4.79 Å². The van der Waals surface area contributed by atoms with Gasteiger partial charge in [-0.25, -0.2) is 8.42 Å². The minimum atomic E-state index is -3.23. The monoisotopic (exact) mass is 361 g/mol. The summed E-state index contributed by atoms with van der Waals surface area (Å²) in [5, 5.41) is 3.63. The molecule has 1 atom stereocenters. The Morgan fingerprint density at radius 2 is 1.80 bits per heavy atom. The molecule has 0 aromatic heterocycles. The third-order valence-corrected chi connectivity index (χ3v) is 4.73. The third kappa shape index (κ3) is 5.25. The van der Waals surface area contributed by atoms with E-state index in [1.165, 1.54) is 24.3 Å². The van der Waals surface area contributed by atoms with E-state index in [1.54, 1.807) is 0 Å². The average Bonchev–Trinajstić information content (AvgIpc) is 2.36. The molecule has 1 aromatic rings. The van der Waals surface area contributed by atoms with Crippen LogP contribution in [0.2, 0.25) is 0 Å². The number of rotatable bonds is 6. The Labute approximate surface area is 129 Å². The molecule has 1 amide bonds. The fraction of sp³-hybridized carbons (Fsp3) is 0.500. The van der Waals surface area contributed by atoms with Crippen molar-refractivity contribution in [3.63, 3.8) is 0 Å². The number of benzene rings is 1. The second kappa shape index (κ2) is 7.22. The molecular formula is C14H20BrNO3S. The molecule has 0 aliphatic heterocycles. The summed E-state index contributed by atoms with van der Waals surface area (Å²) in [6, 6.07) is 6.04. The third-order valence-electron chi connectivity index (χ3n) is 2.82. The van der Waals surface area contributed by atoms with Gasteiger partial charge in [0.25, 0.3) is 5.91 Å². The number of carbonyl (C=O) groups excluding carboxylic acids is 1. The number of sulfone groups is 1. The Hall–Kier alpha value is -0.880. The van der Waals surface area contributed by atoms with Crippen molar-refractivity contribution < 1.29 is 13.2 Å². The Kier molecular flexibility index (Phi) is 6.20. The Bertz CT molecular complexity index is 552. The van der Waals surface area contributed by atoms with Crippen LogP contribution in [0.3, 0.4) is 0 Å². The van der Waals surface area contributed by atoms with E-state index < -0.39 is 9.84 Å². The van der Waals surface area contributed by atoms with Crippen LogP contribution in [-0.2, 0) is 9.84 Å². The van der Waals surface area contributed by atoms with Crippen molar-refractivity contribution in [2.75, 3.05) is 11.6 Å². The summed E-state index contributed by atoms with van der Waals surface area (Å²) < 4.78 is 22.7. The fourth-order valence-corrected chi connectivity index (χ4v) is 2.91. The first-order chi connectivity index (χ1) is 9.24. The number of hydrogen-bond donors (Lipinski definition) is 1. The molecule has 0 radical (unpaired) electrons. The van der Waals surface area contributed by atoms with Gasteiger partial charge in [0.05, 0.1) is 4.90 Å². The van der Waals surface area contributed by atoms with Crippen molar-refractivity contribution in [3.8, 4) is 0 Å². The average molecular weight is 362 g/mol. The summed E-state index contributed by atoms with van der Waals surface area (Å²) in [6.45, 7) is 4.20. The lowest BCUT2D eigenvalue weighted by Gasteiger charge is -2.18. The van der Waals surface area contributed by atoms with Crippen LogP contribution in [0.5, 0.6) is 0 Å². The highest BCUT2D eigenvalue weighted by molar-refractivity contribution is 9.09. The van der Waals surface area contributed by atoms with E-state index in [1.807, 2.05) is 0 Å². The molecule has 20 heavy (non-hydrogen) atoms. The van der Waals surface area contributed by atoms with Gasteiger partial charge < -0.3 is 5.32 Å².